The predicted octanol–water partition coefficient (Wildman–Crippen LogP) is 11.3. The van der Waals surface area contributed by atoms with Crippen LogP contribution in [0.3, 0.4) is 0 Å². The number of anilines is 2. The van der Waals surface area contributed by atoms with Crippen molar-refractivity contribution in [3.8, 4) is 0 Å². The summed E-state index contributed by atoms with van der Waals surface area (Å²) in [5.41, 5.74) is 10.9. The SMILES string of the molecule is CC(=O)O.CC(C)c1cccc(C(C)C)c1N1C=CN(c2c(C(C)C)cccc2C(C)C)C1.CC(O)O.[CH2-]c1ccccc1[PH+](C)C.[CH2-]c1ccccc1[PH+](C)C.[Pd].[Pd]. The average molecular weight is 1030 g/mol. The Bertz CT molecular complexity index is 1650. The monoisotopic (exact) mass is 1030 g/mol. The number of benzene rings is 4. The number of carbonyl (C=O) groups is 1. The first-order chi connectivity index (χ1) is 26.6. The average Bonchev–Trinajstić information content (AvgIpc) is 3.61. The Morgan fingerprint density at radius 1 is 0.542 bits per heavy atom. The van der Waals surface area contributed by atoms with E-state index < -0.39 is 12.3 Å². The van der Waals surface area contributed by atoms with Crippen molar-refractivity contribution in [2.75, 3.05) is 43.1 Å². The minimum atomic E-state index is -1.17. The Morgan fingerprint density at radius 3 is 0.966 bits per heavy atom. The minimum absolute atomic E-state index is 0. The van der Waals surface area contributed by atoms with Crippen LogP contribution in [0, 0.1) is 13.8 Å². The van der Waals surface area contributed by atoms with Crippen LogP contribution in [-0.2, 0) is 45.6 Å². The molecule has 0 spiro atoms. The molecule has 4 aromatic rings. The Labute approximate surface area is 389 Å². The number of aliphatic carboxylic acids is 1. The number of aliphatic hydroxyl groups is 2. The summed E-state index contributed by atoms with van der Waals surface area (Å²) in [5.74, 6) is 1.17. The standard InChI is InChI=1S/C27H38N2.2C9H12P.C2H6O2.C2H4O2.2Pd/c1-18(2)22-11-9-12-23(19(3)4)26(22)28-15-16-29(17-28)27-24(20(5)6)13-10-14-25(27)21(7)8;2*1-8-6-4-5-7-9(8)10(2)3;2*1-2(3)4;;/h9-16,18-21H,17H2,1-8H3;2*4-7H,1H2,2-3H3;2-4H,1H3;1H3,(H,3,4);;/q;2*-1;;;;/p+2. The van der Waals surface area contributed by atoms with Crippen LogP contribution in [0.5, 0.6) is 0 Å². The number of hydrogen-bond acceptors (Lipinski definition) is 5. The predicted molar refractivity (Wildman–Crippen MR) is 257 cm³/mol. The fraction of sp³-hybridized carbons (Fsp3) is 0.408. The van der Waals surface area contributed by atoms with Crippen molar-refractivity contribution in [3.05, 3.63) is 145 Å². The molecular weight excluding hydrogens is 955 g/mol. The zero-order chi connectivity index (χ0) is 43.6. The number of nitrogens with zero attached hydrogens (tertiary/aromatic N) is 2. The number of carboxylic acids is 1. The first-order valence-corrected chi connectivity index (χ1v) is 25.1. The molecule has 5 rings (SSSR count). The molecule has 59 heavy (non-hydrogen) atoms. The van der Waals surface area contributed by atoms with Crippen molar-refractivity contribution in [2.45, 2.75) is 99.2 Å². The van der Waals surface area contributed by atoms with Gasteiger partial charge in [0.25, 0.3) is 5.97 Å². The van der Waals surface area contributed by atoms with E-state index in [0.717, 1.165) is 13.6 Å². The summed E-state index contributed by atoms with van der Waals surface area (Å²) in [6.07, 6.45) is 3.38. The van der Waals surface area contributed by atoms with E-state index in [1.807, 2.05) is 12.1 Å². The zero-order valence-electron chi connectivity index (χ0n) is 38.0. The molecule has 4 aromatic carbocycles. The summed E-state index contributed by atoms with van der Waals surface area (Å²) in [6, 6.07) is 30.4. The quantitative estimate of drug-likeness (QED) is 0.0706. The van der Waals surface area contributed by atoms with Crippen LogP contribution in [0.25, 0.3) is 0 Å². The van der Waals surface area contributed by atoms with Gasteiger partial charge in [-0.1, -0.05) is 116 Å². The molecule has 10 heteroatoms. The van der Waals surface area contributed by atoms with Gasteiger partial charge in [-0.3, -0.25) is 4.79 Å². The van der Waals surface area contributed by atoms with Crippen molar-refractivity contribution >= 4 is 43.8 Å². The number of hydrogen-bond donors (Lipinski definition) is 3. The molecule has 0 saturated heterocycles. The second kappa shape index (κ2) is 29.7. The van der Waals surface area contributed by atoms with Gasteiger partial charge in [0.05, 0.1) is 6.67 Å². The first-order valence-electron chi connectivity index (χ1n) is 20.1. The van der Waals surface area contributed by atoms with Crippen molar-refractivity contribution < 1.29 is 61.0 Å². The van der Waals surface area contributed by atoms with Gasteiger partial charge in [0, 0.05) is 98.2 Å². The Hall–Kier alpha value is -2.47. The third-order valence-corrected chi connectivity index (χ3v) is 12.2. The molecule has 0 bridgehead atoms. The Kier molecular flexibility index (Phi) is 29.5. The van der Waals surface area contributed by atoms with Crippen LogP contribution in [-0.4, -0.2) is 60.9 Å². The molecule has 334 valence electrons. The van der Waals surface area contributed by atoms with Crippen molar-refractivity contribution in [2.24, 2.45) is 0 Å². The summed E-state index contributed by atoms with van der Waals surface area (Å²) in [6.45, 7) is 38.7. The summed E-state index contributed by atoms with van der Waals surface area (Å²) in [5, 5.41) is 25.5. The maximum absolute atomic E-state index is 9.00. The van der Waals surface area contributed by atoms with Gasteiger partial charge in [0.15, 0.2) is 0 Å². The van der Waals surface area contributed by atoms with E-state index in [-0.39, 0.29) is 56.7 Å². The summed E-state index contributed by atoms with van der Waals surface area (Å²) in [7, 11) is -0.610. The number of aliphatic hydroxyl groups excluding tert-OH is 1. The first kappa shape index (κ1) is 58.6. The molecular formula is C49H74N2O4P2Pd2. The van der Waals surface area contributed by atoms with E-state index in [1.165, 1.54) is 62.3 Å². The topological polar surface area (TPSA) is 84.2 Å². The molecule has 0 aromatic heterocycles. The summed E-state index contributed by atoms with van der Waals surface area (Å²) in [4.78, 5) is 13.9. The molecule has 1 aliphatic heterocycles. The van der Waals surface area contributed by atoms with Gasteiger partial charge in [-0.2, -0.15) is 37.1 Å². The molecule has 0 radical (unpaired) electrons. The van der Waals surface area contributed by atoms with Gasteiger partial charge in [-0.05, 0) is 79.3 Å². The van der Waals surface area contributed by atoms with E-state index in [4.69, 9.17) is 20.1 Å². The normalized spacial score (nSPS) is 11.6. The van der Waals surface area contributed by atoms with Crippen molar-refractivity contribution in [3.63, 3.8) is 0 Å². The second-order valence-electron chi connectivity index (χ2n) is 16.0. The van der Waals surface area contributed by atoms with Gasteiger partial charge in [-0.15, -0.1) is 12.1 Å². The van der Waals surface area contributed by atoms with Gasteiger partial charge >= 0.3 is 0 Å². The maximum Gasteiger partial charge on any atom is 0.300 e. The maximum atomic E-state index is 9.00. The Morgan fingerprint density at radius 2 is 0.780 bits per heavy atom. The molecule has 3 N–H and O–H groups in total. The van der Waals surface area contributed by atoms with Gasteiger partial charge in [-0.25, -0.2) is 0 Å². The molecule has 0 unspecified atom stereocenters. The molecule has 1 heterocycles. The molecule has 0 aliphatic carbocycles. The minimum Gasteiger partial charge on any atom is -0.481 e. The number of para-hydroxylation sites is 2. The molecule has 0 fully saturated rings. The third kappa shape index (κ3) is 20.3. The molecule has 0 saturated carbocycles. The van der Waals surface area contributed by atoms with Crippen LogP contribution < -0.4 is 20.4 Å². The van der Waals surface area contributed by atoms with E-state index in [9.17, 15) is 0 Å². The summed E-state index contributed by atoms with van der Waals surface area (Å²) < 4.78 is 0. The van der Waals surface area contributed by atoms with Gasteiger partial charge in [0.1, 0.15) is 6.29 Å². The third-order valence-electron chi connectivity index (χ3n) is 9.10. The fourth-order valence-corrected chi connectivity index (χ4v) is 8.72. The zero-order valence-corrected chi connectivity index (χ0v) is 43.1. The second-order valence-corrected chi connectivity index (χ2v) is 21.1. The van der Waals surface area contributed by atoms with E-state index >= 15 is 0 Å². The van der Waals surface area contributed by atoms with Crippen LogP contribution in [0.2, 0.25) is 0 Å². The number of carboxylic acid groups (broad SMARTS) is 1. The van der Waals surface area contributed by atoms with Crippen molar-refractivity contribution in [1.82, 2.24) is 0 Å². The van der Waals surface area contributed by atoms with Crippen LogP contribution in [0.15, 0.2) is 97.3 Å². The fourth-order valence-electron chi connectivity index (χ4n) is 6.41. The smallest absolute Gasteiger partial charge is 0.300 e. The molecule has 6 nitrogen and oxygen atoms in total. The van der Waals surface area contributed by atoms with Gasteiger partial charge in [0.2, 0.25) is 0 Å². The van der Waals surface area contributed by atoms with Crippen LogP contribution >= 0.6 is 15.8 Å². The van der Waals surface area contributed by atoms with E-state index in [0.29, 0.717) is 23.7 Å². The van der Waals surface area contributed by atoms with Crippen molar-refractivity contribution in [1.29, 1.82) is 0 Å². The Balaban J connectivity index is 0. The van der Waals surface area contributed by atoms with Gasteiger partial charge < -0.3 is 25.1 Å². The van der Waals surface area contributed by atoms with E-state index in [2.05, 4.69) is 191 Å². The summed E-state index contributed by atoms with van der Waals surface area (Å²) >= 11 is 0. The number of rotatable bonds is 8. The molecule has 0 atom stereocenters. The van der Waals surface area contributed by atoms with Crippen LogP contribution in [0.4, 0.5) is 11.4 Å². The van der Waals surface area contributed by atoms with Crippen LogP contribution in [0.1, 0.15) is 126 Å². The molecule has 0 amide bonds. The largest absolute Gasteiger partial charge is 0.481 e. The van der Waals surface area contributed by atoms with E-state index in [1.54, 1.807) is 0 Å². The molecule has 1 aliphatic rings.